The first kappa shape index (κ1) is 16.7. The van der Waals surface area contributed by atoms with Gasteiger partial charge in [-0.2, -0.15) is 21.6 Å². The summed E-state index contributed by atoms with van der Waals surface area (Å²) in [5.74, 6) is -0.0580. The molecule has 1 heterocycles. The Bertz CT molecular complexity index is 632. The van der Waals surface area contributed by atoms with Gasteiger partial charge in [0, 0.05) is 12.6 Å². The fourth-order valence-electron chi connectivity index (χ4n) is 1.73. The Morgan fingerprint density at radius 2 is 2.09 bits per heavy atom. The monoisotopic (exact) mass is 341 g/mol. The van der Waals surface area contributed by atoms with E-state index in [0.717, 1.165) is 18.7 Å². The first-order valence-corrected chi connectivity index (χ1v) is 7.78. The van der Waals surface area contributed by atoms with E-state index in [1.165, 1.54) is 6.07 Å². The maximum Gasteiger partial charge on any atom is 0.534 e. The molecule has 6 nitrogen and oxygen atoms in total. The summed E-state index contributed by atoms with van der Waals surface area (Å²) in [6, 6.07) is 3.41. The zero-order chi connectivity index (χ0) is 16.4. The van der Waals surface area contributed by atoms with E-state index in [2.05, 4.69) is 9.50 Å². The van der Waals surface area contributed by atoms with Crippen LogP contribution in [0.4, 0.5) is 13.2 Å². The van der Waals surface area contributed by atoms with Gasteiger partial charge < -0.3 is 19.0 Å². The molecule has 0 radical (unpaired) electrons. The van der Waals surface area contributed by atoms with Crippen molar-refractivity contribution < 1.29 is 35.2 Å². The minimum absolute atomic E-state index is 0.129. The molecular weight excluding hydrogens is 327 g/mol. The van der Waals surface area contributed by atoms with Gasteiger partial charge in [0.1, 0.15) is 18.5 Å². The molecule has 0 aliphatic carbocycles. The van der Waals surface area contributed by atoms with Crippen LogP contribution in [-0.4, -0.2) is 39.7 Å². The van der Waals surface area contributed by atoms with Gasteiger partial charge >= 0.3 is 15.6 Å². The summed E-state index contributed by atoms with van der Waals surface area (Å²) in [4.78, 5) is 0. The fraction of sp³-hybridized carbons (Fsp3) is 0.500. The molecule has 0 fully saturated rings. The summed E-state index contributed by atoms with van der Waals surface area (Å²) >= 11 is 0. The quantitative estimate of drug-likeness (QED) is 0.649. The largest absolute Gasteiger partial charge is 0.534 e. The number of ether oxygens (including phenoxy) is 2. The van der Waals surface area contributed by atoms with Crippen LogP contribution in [0.3, 0.4) is 0 Å². The van der Waals surface area contributed by atoms with Gasteiger partial charge in [-0.1, -0.05) is 6.92 Å². The van der Waals surface area contributed by atoms with Crippen molar-refractivity contribution in [3.63, 3.8) is 0 Å². The molecule has 2 rings (SSSR count). The highest BCUT2D eigenvalue weighted by atomic mass is 32.2. The summed E-state index contributed by atoms with van der Waals surface area (Å²) in [7, 11) is -5.71. The van der Waals surface area contributed by atoms with Gasteiger partial charge in [0.15, 0.2) is 11.5 Å². The number of hydrogen-bond acceptors (Lipinski definition) is 6. The molecule has 0 spiro atoms. The van der Waals surface area contributed by atoms with Crippen LogP contribution in [0, 0.1) is 0 Å². The van der Waals surface area contributed by atoms with E-state index in [-0.39, 0.29) is 18.5 Å². The zero-order valence-electron chi connectivity index (χ0n) is 11.5. The molecule has 124 valence electrons. The number of alkyl halides is 3. The van der Waals surface area contributed by atoms with Crippen LogP contribution in [-0.2, 0) is 10.1 Å². The number of halogens is 3. The molecule has 1 aliphatic heterocycles. The standard InChI is InChI=1S/C12H14F3NO5S/c1-2-16-6-9-7-19-10-4-3-8(5-11(10)20-9)21-22(17,18)12(13,14)15/h3-5,9,16H,2,6-7H2,1H3. The average Bonchev–Trinajstić information content (AvgIpc) is 2.43. The van der Waals surface area contributed by atoms with Crippen molar-refractivity contribution in [2.24, 2.45) is 0 Å². The Morgan fingerprint density at radius 1 is 1.36 bits per heavy atom. The highest BCUT2D eigenvalue weighted by Gasteiger charge is 2.48. The number of nitrogens with one attached hydrogen (secondary N) is 1. The number of benzene rings is 1. The predicted octanol–water partition coefficient (Wildman–Crippen LogP) is 1.66. The van der Waals surface area contributed by atoms with Crippen molar-refractivity contribution >= 4 is 10.1 Å². The van der Waals surface area contributed by atoms with E-state index in [9.17, 15) is 21.6 Å². The van der Waals surface area contributed by atoms with E-state index in [4.69, 9.17) is 9.47 Å². The summed E-state index contributed by atoms with van der Waals surface area (Å²) in [5, 5.41) is 3.04. The van der Waals surface area contributed by atoms with Gasteiger partial charge in [0.05, 0.1) is 0 Å². The van der Waals surface area contributed by atoms with Crippen molar-refractivity contribution in [2.45, 2.75) is 18.5 Å². The molecule has 1 aliphatic rings. The van der Waals surface area contributed by atoms with E-state index < -0.39 is 21.4 Å². The SMILES string of the molecule is CCNCC1COc2ccc(OS(=O)(=O)C(F)(F)F)cc2O1. The topological polar surface area (TPSA) is 73.9 Å². The number of likely N-dealkylation sites (N-methyl/N-ethyl adjacent to an activating group) is 1. The Balaban J connectivity index is 2.15. The van der Waals surface area contributed by atoms with E-state index in [1.54, 1.807) is 0 Å². The van der Waals surface area contributed by atoms with E-state index >= 15 is 0 Å². The van der Waals surface area contributed by atoms with E-state index in [0.29, 0.717) is 12.3 Å². The van der Waals surface area contributed by atoms with Crippen molar-refractivity contribution in [1.29, 1.82) is 0 Å². The van der Waals surface area contributed by atoms with Gasteiger partial charge in [-0.3, -0.25) is 0 Å². The second kappa shape index (κ2) is 6.21. The molecule has 0 saturated heterocycles. The molecule has 1 aromatic carbocycles. The molecule has 22 heavy (non-hydrogen) atoms. The Labute approximate surface area is 125 Å². The minimum Gasteiger partial charge on any atom is -0.486 e. The van der Waals surface area contributed by atoms with Crippen LogP contribution in [0.25, 0.3) is 0 Å². The Morgan fingerprint density at radius 3 is 2.73 bits per heavy atom. The maximum absolute atomic E-state index is 12.3. The fourth-order valence-corrected chi connectivity index (χ4v) is 2.18. The van der Waals surface area contributed by atoms with Crippen LogP contribution in [0.15, 0.2) is 18.2 Å². The highest BCUT2D eigenvalue weighted by Crippen LogP contribution is 2.36. The normalized spacial score (nSPS) is 18.1. The number of rotatable bonds is 5. The van der Waals surface area contributed by atoms with Crippen LogP contribution in [0.2, 0.25) is 0 Å². The van der Waals surface area contributed by atoms with Crippen LogP contribution >= 0.6 is 0 Å². The number of hydrogen-bond donors (Lipinski definition) is 1. The molecule has 0 bridgehead atoms. The lowest BCUT2D eigenvalue weighted by molar-refractivity contribution is -0.0500. The lowest BCUT2D eigenvalue weighted by Gasteiger charge is -2.26. The van der Waals surface area contributed by atoms with Gasteiger partial charge in [0.2, 0.25) is 0 Å². The van der Waals surface area contributed by atoms with Crippen molar-refractivity contribution in [1.82, 2.24) is 5.32 Å². The zero-order valence-corrected chi connectivity index (χ0v) is 12.3. The van der Waals surface area contributed by atoms with Crippen LogP contribution in [0.5, 0.6) is 17.2 Å². The second-order valence-corrected chi connectivity index (χ2v) is 5.99. The molecule has 0 aromatic heterocycles. The van der Waals surface area contributed by atoms with Crippen molar-refractivity contribution in [3.05, 3.63) is 18.2 Å². The lowest BCUT2D eigenvalue weighted by Crippen LogP contribution is -2.38. The third kappa shape index (κ3) is 3.74. The molecule has 10 heteroatoms. The first-order chi connectivity index (χ1) is 10.2. The molecule has 0 amide bonds. The molecule has 1 N–H and O–H groups in total. The maximum atomic E-state index is 12.3. The Hall–Kier alpha value is -1.68. The summed E-state index contributed by atoms with van der Waals surface area (Å²) in [5.41, 5.74) is -5.49. The number of fused-ring (bicyclic) bond motifs is 1. The highest BCUT2D eigenvalue weighted by molar-refractivity contribution is 7.88. The summed E-state index contributed by atoms with van der Waals surface area (Å²) in [6.07, 6.45) is -0.332. The van der Waals surface area contributed by atoms with Gasteiger partial charge in [-0.05, 0) is 18.7 Å². The van der Waals surface area contributed by atoms with Crippen molar-refractivity contribution in [3.8, 4) is 17.2 Å². The van der Waals surface area contributed by atoms with Crippen LogP contribution < -0.4 is 19.0 Å². The second-order valence-electron chi connectivity index (χ2n) is 4.45. The summed E-state index contributed by atoms with van der Waals surface area (Å²) in [6.45, 7) is 3.40. The first-order valence-electron chi connectivity index (χ1n) is 6.38. The molecule has 0 saturated carbocycles. The Kier molecular flexibility index (Phi) is 4.71. The molecular formula is C12H14F3NO5S. The van der Waals surface area contributed by atoms with Gasteiger partial charge in [0.25, 0.3) is 0 Å². The third-order valence-electron chi connectivity index (χ3n) is 2.74. The minimum atomic E-state index is -5.71. The molecule has 1 unspecified atom stereocenters. The van der Waals surface area contributed by atoms with Gasteiger partial charge in [-0.25, -0.2) is 0 Å². The van der Waals surface area contributed by atoms with Crippen molar-refractivity contribution in [2.75, 3.05) is 19.7 Å². The average molecular weight is 341 g/mol. The smallest absolute Gasteiger partial charge is 0.486 e. The molecule has 1 atom stereocenters. The lowest BCUT2D eigenvalue weighted by atomic mass is 10.2. The molecule has 1 aromatic rings. The van der Waals surface area contributed by atoms with Crippen LogP contribution in [0.1, 0.15) is 6.92 Å². The van der Waals surface area contributed by atoms with E-state index in [1.807, 2.05) is 6.92 Å². The third-order valence-corrected chi connectivity index (χ3v) is 3.72. The predicted molar refractivity (Wildman–Crippen MR) is 70.5 cm³/mol. The van der Waals surface area contributed by atoms with Gasteiger partial charge in [-0.15, -0.1) is 0 Å². The summed E-state index contributed by atoms with van der Waals surface area (Å²) < 4.78 is 73.7.